The van der Waals surface area contributed by atoms with Crippen molar-refractivity contribution in [2.24, 2.45) is 0 Å². The zero-order valence-electron chi connectivity index (χ0n) is 7.44. The molecule has 0 amide bonds. The van der Waals surface area contributed by atoms with Crippen LogP contribution < -0.4 is 0 Å². The summed E-state index contributed by atoms with van der Waals surface area (Å²) in [5, 5.41) is 27.1. The number of hydrogen-bond donors (Lipinski definition) is 3. The van der Waals surface area contributed by atoms with Gasteiger partial charge in [0.2, 0.25) is 0 Å². The molecule has 68 valence electrons. The van der Waals surface area contributed by atoms with Gasteiger partial charge in [0.1, 0.15) is 7.85 Å². The molecule has 0 rings (SSSR count). The van der Waals surface area contributed by atoms with E-state index >= 15 is 0 Å². The third-order valence-electron chi connectivity index (χ3n) is 1.77. The predicted octanol–water partition coefficient (Wildman–Crippen LogP) is -0.449. The first-order valence-corrected chi connectivity index (χ1v) is 3.90. The Balaban J connectivity index is 3.95. The fourth-order valence-electron chi connectivity index (χ4n) is 0.796. The third kappa shape index (κ3) is 3.90. The van der Waals surface area contributed by atoms with Crippen molar-refractivity contribution in [1.29, 1.82) is 0 Å². The minimum absolute atomic E-state index is 0.325. The lowest BCUT2D eigenvalue weighted by atomic mass is 9.89. The summed E-state index contributed by atoms with van der Waals surface area (Å²) in [7, 11) is 4.98. The summed E-state index contributed by atoms with van der Waals surface area (Å²) in [5.41, 5.74) is 0.946. The van der Waals surface area contributed by atoms with E-state index in [1.165, 1.54) is 0 Å². The molecule has 12 heavy (non-hydrogen) atoms. The minimum Gasteiger partial charge on any atom is -0.400 e. The highest BCUT2D eigenvalue weighted by Gasteiger charge is 2.20. The lowest BCUT2D eigenvalue weighted by molar-refractivity contribution is -0.0287. The molecule has 0 aliphatic heterocycles. The summed E-state index contributed by atoms with van der Waals surface area (Å²) in [6, 6.07) is -1.38. The van der Waals surface area contributed by atoms with Crippen LogP contribution in [0.1, 0.15) is 20.3 Å². The van der Waals surface area contributed by atoms with Gasteiger partial charge in [0.25, 0.3) is 0 Å². The Morgan fingerprint density at radius 2 is 1.92 bits per heavy atom. The number of aliphatic hydroxyl groups excluding tert-OH is 3. The molecule has 0 aliphatic carbocycles. The largest absolute Gasteiger partial charge is 0.400 e. The average Bonchev–Trinajstić information content (AvgIpc) is 2.02. The highest BCUT2D eigenvalue weighted by atomic mass is 16.4. The normalized spacial score (nSPS) is 20.2. The molecule has 0 saturated carbocycles. The van der Waals surface area contributed by atoms with Crippen LogP contribution in [-0.4, -0.2) is 41.4 Å². The molecule has 3 atom stereocenters. The van der Waals surface area contributed by atoms with Gasteiger partial charge in [-0.2, -0.15) is 0 Å². The summed E-state index contributed by atoms with van der Waals surface area (Å²) in [4.78, 5) is 0. The monoisotopic (exact) mass is 170 g/mol. The van der Waals surface area contributed by atoms with Gasteiger partial charge in [0.15, 0.2) is 0 Å². The lowest BCUT2D eigenvalue weighted by Gasteiger charge is -2.20. The lowest BCUT2D eigenvalue weighted by Crippen LogP contribution is -2.37. The van der Waals surface area contributed by atoms with Crippen LogP contribution in [0, 0.1) is 0 Å². The molecular weight excluding hydrogens is 155 g/mol. The molecule has 0 aliphatic rings. The van der Waals surface area contributed by atoms with Crippen molar-refractivity contribution < 1.29 is 15.3 Å². The predicted molar refractivity (Wildman–Crippen MR) is 47.8 cm³/mol. The summed E-state index contributed by atoms with van der Waals surface area (Å²) >= 11 is 0. The van der Waals surface area contributed by atoms with E-state index in [-0.39, 0.29) is 0 Å². The molecular formula is C8H15BO3. The summed E-state index contributed by atoms with van der Waals surface area (Å²) in [5.74, 6) is 0. The zero-order valence-corrected chi connectivity index (χ0v) is 7.44. The fraction of sp³-hybridized carbons (Fsp3) is 0.750. The van der Waals surface area contributed by atoms with Crippen molar-refractivity contribution in [2.75, 3.05) is 0 Å². The summed E-state index contributed by atoms with van der Waals surface area (Å²) in [6.45, 7) is 3.67. The van der Waals surface area contributed by atoms with Crippen LogP contribution in [0.2, 0.25) is 0 Å². The smallest absolute Gasteiger partial charge is 0.112 e. The van der Waals surface area contributed by atoms with Crippen LogP contribution in [0.15, 0.2) is 11.6 Å². The van der Waals surface area contributed by atoms with Crippen molar-refractivity contribution in [3.8, 4) is 0 Å². The first-order chi connectivity index (χ1) is 5.49. The molecule has 2 radical (unpaired) electrons. The van der Waals surface area contributed by atoms with Gasteiger partial charge in [-0.3, -0.25) is 0 Å². The van der Waals surface area contributed by atoms with Gasteiger partial charge in [0, 0.05) is 6.00 Å². The molecule has 0 saturated heterocycles. The summed E-state index contributed by atoms with van der Waals surface area (Å²) < 4.78 is 0. The van der Waals surface area contributed by atoms with Gasteiger partial charge < -0.3 is 15.3 Å². The molecule has 3 nitrogen and oxygen atoms in total. The Kier molecular flexibility index (Phi) is 5.21. The van der Waals surface area contributed by atoms with Crippen LogP contribution >= 0.6 is 0 Å². The van der Waals surface area contributed by atoms with E-state index < -0.39 is 18.2 Å². The molecule has 0 fully saturated rings. The van der Waals surface area contributed by atoms with E-state index in [9.17, 15) is 5.11 Å². The highest BCUT2D eigenvalue weighted by molar-refractivity contribution is 6.11. The maximum Gasteiger partial charge on any atom is 0.112 e. The Bertz CT molecular complexity index is 156. The molecule has 0 spiro atoms. The SMILES string of the molecule is [B][C@@H](O)[C@@H](O)[C@H](O)C/C(C)=C/C. The van der Waals surface area contributed by atoms with Crippen LogP contribution in [-0.2, 0) is 0 Å². The Labute approximate surface area is 74.1 Å². The van der Waals surface area contributed by atoms with Gasteiger partial charge >= 0.3 is 0 Å². The number of allylic oxidation sites excluding steroid dienone is 1. The number of rotatable bonds is 4. The molecule has 0 bridgehead atoms. The molecule has 0 aromatic heterocycles. The van der Waals surface area contributed by atoms with Crippen molar-refractivity contribution in [3.05, 3.63) is 11.6 Å². The number of hydrogen-bond acceptors (Lipinski definition) is 3. The third-order valence-corrected chi connectivity index (χ3v) is 1.77. The zero-order chi connectivity index (χ0) is 9.72. The Morgan fingerprint density at radius 3 is 2.25 bits per heavy atom. The fourth-order valence-corrected chi connectivity index (χ4v) is 0.796. The topological polar surface area (TPSA) is 60.7 Å². The quantitative estimate of drug-likeness (QED) is 0.395. The van der Waals surface area contributed by atoms with Crippen LogP contribution in [0.25, 0.3) is 0 Å². The molecule has 4 heteroatoms. The van der Waals surface area contributed by atoms with Gasteiger partial charge in [-0.25, -0.2) is 0 Å². The van der Waals surface area contributed by atoms with Crippen LogP contribution in [0.5, 0.6) is 0 Å². The standard InChI is InChI=1S/C8H15BO3/c1-3-5(2)4-6(10)7(11)8(9)12/h3,6-8,10-12H,4H2,1-2H3/b5-3+/t6-,7+,8+/m1/s1. The van der Waals surface area contributed by atoms with Crippen LogP contribution in [0.4, 0.5) is 0 Å². The second kappa shape index (κ2) is 5.35. The van der Waals surface area contributed by atoms with Gasteiger partial charge in [-0.15, -0.1) is 0 Å². The van der Waals surface area contributed by atoms with E-state index in [0.29, 0.717) is 6.42 Å². The number of aliphatic hydroxyl groups is 3. The van der Waals surface area contributed by atoms with Crippen molar-refractivity contribution in [3.63, 3.8) is 0 Å². The minimum atomic E-state index is -1.38. The highest BCUT2D eigenvalue weighted by Crippen LogP contribution is 2.09. The maximum absolute atomic E-state index is 9.26. The van der Waals surface area contributed by atoms with Gasteiger partial charge in [0.05, 0.1) is 12.2 Å². The molecule has 0 aromatic rings. The van der Waals surface area contributed by atoms with Gasteiger partial charge in [-0.1, -0.05) is 11.6 Å². The van der Waals surface area contributed by atoms with Crippen molar-refractivity contribution in [1.82, 2.24) is 0 Å². The first kappa shape index (κ1) is 11.7. The van der Waals surface area contributed by atoms with E-state index in [1.807, 2.05) is 19.9 Å². The van der Waals surface area contributed by atoms with E-state index in [4.69, 9.17) is 18.1 Å². The van der Waals surface area contributed by atoms with Gasteiger partial charge in [-0.05, 0) is 20.3 Å². The Morgan fingerprint density at radius 1 is 1.42 bits per heavy atom. The van der Waals surface area contributed by atoms with Crippen LogP contribution in [0.3, 0.4) is 0 Å². The van der Waals surface area contributed by atoms with E-state index in [1.54, 1.807) is 0 Å². The first-order valence-electron chi connectivity index (χ1n) is 3.90. The van der Waals surface area contributed by atoms with E-state index in [2.05, 4.69) is 0 Å². The maximum atomic E-state index is 9.26. The Hall–Kier alpha value is -0.315. The second-order valence-electron chi connectivity index (χ2n) is 2.89. The molecule has 0 heterocycles. The average molecular weight is 170 g/mol. The van der Waals surface area contributed by atoms with Crippen molar-refractivity contribution >= 4 is 7.85 Å². The molecule has 0 unspecified atom stereocenters. The molecule has 3 N–H and O–H groups in total. The second-order valence-corrected chi connectivity index (χ2v) is 2.89. The van der Waals surface area contributed by atoms with Crippen molar-refractivity contribution in [2.45, 2.75) is 38.5 Å². The van der Waals surface area contributed by atoms with E-state index in [0.717, 1.165) is 5.57 Å². The summed E-state index contributed by atoms with van der Waals surface area (Å²) in [6.07, 6.45) is -0.119. The molecule has 0 aromatic carbocycles.